The highest BCUT2D eigenvalue weighted by Crippen LogP contribution is 2.30. The van der Waals surface area contributed by atoms with E-state index in [1.807, 2.05) is 37.3 Å². The fourth-order valence-electron chi connectivity index (χ4n) is 4.84. The van der Waals surface area contributed by atoms with Crippen LogP contribution in [0.1, 0.15) is 61.4 Å². The van der Waals surface area contributed by atoms with Crippen LogP contribution in [0.25, 0.3) is 0 Å². The molecule has 0 radical (unpaired) electrons. The minimum Gasteiger partial charge on any atom is -0.352 e. The summed E-state index contributed by atoms with van der Waals surface area (Å²) in [6, 6.07) is 14.4. The number of fused-ring (bicyclic) bond motifs is 1. The highest BCUT2D eigenvalue weighted by molar-refractivity contribution is 7.90. The number of benzene rings is 2. The quantitative estimate of drug-likeness (QED) is 0.604. The molecule has 1 heterocycles. The first kappa shape index (κ1) is 24.9. The smallest absolute Gasteiger partial charge is 0.269 e. The summed E-state index contributed by atoms with van der Waals surface area (Å²) in [4.78, 5) is 41.0. The standard InChI is InChI=1S/C26H31N3O5S/c1-2-22(25(31)27-20-13-7-4-8-14-20)28(17-19-11-5-3-6-12-19)24(30)18-29-26(32)21-15-9-10-16-23(21)35(29,33)34/h3,5-6,9-12,15-16,20,22H,2,4,7-8,13-14,17-18H2,1H3,(H,27,31)/t22-/m1/s1. The molecule has 2 aliphatic rings. The van der Waals surface area contributed by atoms with Gasteiger partial charge in [0.2, 0.25) is 11.8 Å². The molecule has 2 aromatic rings. The lowest BCUT2D eigenvalue weighted by molar-refractivity contribution is -0.141. The molecule has 3 amide bonds. The molecule has 0 spiro atoms. The molecular weight excluding hydrogens is 466 g/mol. The van der Waals surface area contributed by atoms with Crippen molar-refractivity contribution in [3.05, 3.63) is 65.7 Å². The molecule has 1 saturated carbocycles. The molecule has 1 aliphatic heterocycles. The van der Waals surface area contributed by atoms with Gasteiger partial charge in [0.1, 0.15) is 17.5 Å². The molecule has 9 heteroatoms. The first-order valence-corrected chi connectivity index (χ1v) is 13.6. The Kier molecular flexibility index (Phi) is 7.54. The maximum absolute atomic E-state index is 13.6. The molecular formula is C26H31N3O5S. The topological polar surface area (TPSA) is 104 Å². The van der Waals surface area contributed by atoms with Crippen molar-refractivity contribution in [3.63, 3.8) is 0 Å². The van der Waals surface area contributed by atoms with Gasteiger partial charge in [-0.05, 0) is 37.0 Å². The van der Waals surface area contributed by atoms with Gasteiger partial charge >= 0.3 is 0 Å². The van der Waals surface area contributed by atoms with Crippen molar-refractivity contribution in [2.24, 2.45) is 0 Å². The van der Waals surface area contributed by atoms with Crippen LogP contribution in [-0.4, -0.2) is 54.0 Å². The molecule has 0 saturated heterocycles. The molecule has 1 N–H and O–H groups in total. The Morgan fingerprint density at radius 3 is 2.34 bits per heavy atom. The van der Waals surface area contributed by atoms with Crippen molar-refractivity contribution >= 4 is 27.7 Å². The summed E-state index contributed by atoms with van der Waals surface area (Å²) in [5.74, 6) is -1.57. The number of amides is 3. The molecule has 4 rings (SSSR count). The van der Waals surface area contributed by atoms with Gasteiger partial charge in [-0.3, -0.25) is 14.4 Å². The largest absolute Gasteiger partial charge is 0.352 e. The normalized spacial score (nSPS) is 18.1. The second-order valence-corrected chi connectivity index (χ2v) is 10.9. The van der Waals surface area contributed by atoms with Crippen molar-refractivity contribution in [2.75, 3.05) is 6.54 Å². The lowest BCUT2D eigenvalue weighted by Gasteiger charge is -2.33. The summed E-state index contributed by atoms with van der Waals surface area (Å²) in [6.45, 7) is 1.30. The van der Waals surface area contributed by atoms with Crippen molar-refractivity contribution in [1.82, 2.24) is 14.5 Å². The summed E-state index contributed by atoms with van der Waals surface area (Å²) < 4.78 is 26.6. The number of rotatable bonds is 8. The highest BCUT2D eigenvalue weighted by Gasteiger charge is 2.43. The third-order valence-electron chi connectivity index (χ3n) is 6.72. The van der Waals surface area contributed by atoms with E-state index in [4.69, 9.17) is 0 Å². The molecule has 186 valence electrons. The lowest BCUT2D eigenvalue weighted by Crippen LogP contribution is -2.53. The van der Waals surface area contributed by atoms with Crippen LogP contribution < -0.4 is 5.32 Å². The molecule has 1 fully saturated rings. The fourth-order valence-corrected chi connectivity index (χ4v) is 6.36. The van der Waals surface area contributed by atoms with Crippen LogP contribution in [0.15, 0.2) is 59.5 Å². The number of nitrogens with one attached hydrogen (secondary N) is 1. The molecule has 8 nitrogen and oxygen atoms in total. The van der Waals surface area contributed by atoms with Gasteiger partial charge in [0.25, 0.3) is 15.9 Å². The van der Waals surface area contributed by atoms with Gasteiger partial charge in [0.05, 0.1) is 5.56 Å². The van der Waals surface area contributed by atoms with E-state index in [1.165, 1.54) is 17.0 Å². The monoisotopic (exact) mass is 497 g/mol. The summed E-state index contributed by atoms with van der Waals surface area (Å²) in [5, 5.41) is 3.09. The predicted molar refractivity (Wildman–Crippen MR) is 131 cm³/mol. The Bertz CT molecular complexity index is 1190. The molecule has 35 heavy (non-hydrogen) atoms. The van der Waals surface area contributed by atoms with E-state index >= 15 is 0 Å². The molecule has 0 aromatic heterocycles. The van der Waals surface area contributed by atoms with Crippen molar-refractivity contribution < 1.29 is 22.8 Å². The zero-order chi connectivity index (χ0) is 25.0. The molecule has 0 unspecified atom stereocenters. The zero-order valence-corrected chi connectivity index (χ0v) is 20.7. The van der Waals surface area contributed by atoms with Gasteiger partial charge in [-0.1, -0.05) is 68.7 Å². The number of hydrogen-bond donors (Lipinski definition) is 1. The lowest BCUT2D eigenvalue weighted by atomic mass is 9.95. The summed E-state index contributed by atoms with van der Waals surface area (Å²) in [6.07, 6.45) is 5.45. The molecule has 2 aromatic carbocycles. The Hall–Kier alpha value is -3.20. The fraction of sp³-hybridized carbons (Fsp3) is 0.423. The Balaban J connectivity index is 1.59. The van der Waals surface area contributed by atoms with E-state index < -0.39 is 34.4 Å². The number of carbonyl (C=O) groups excluding carboxylic acids is 3. The Labute approximate surface area is 206 Å². The van der Waals surface area contributed by atoms with Gasteiger partial charge in [0.15, 0.2) is 0 Å². The van der Waals surface area contributed by atoms with E-state index in [-0.39, 0.29) is 29.0 Å². The maximum Gasteiger partial charge on any atom is 0.269 e. The van der Waals surface area contributed by atoms with Crippen LogP contribution in [0.3, 0.4) is 0 Å². The SMILES string of the molecule is CC[C@H](C(=O)NC1CCCCC1)N(Cc1ccccc1)C(=O)CN1C(=O)c2ccccc2S1(=O)=O. The first-order valence-electron chi connectivity index (χ1n) is 12.1. The molecule has 0 bridgehead atoms. The van der Waals surface area contributed by atoms with E-state index in [1.54, 1.807) is 12.1 Å². The first-order chi connectivity index (χ1) is 16.8. The average molecular weight is 498 g/mol. The Morgan fingerprint density at radius 1 is 1.03 bits per heavy atom. The van der Waals surface area contributed by atoms with Gasteiger partial charge in [0, 0.05) is 12.6 Å². The third kappa shape index (κ3) is 5.24. The van der Waals surface area contributed by atoms with Crippen LogP contribution in [0, 0.1) is 0 Å². The minimum absolute atomic E-state index is 0.0528. The second kappa shape index (κ2) is 10.6. The van der Waals surface area contributed by atoms with Crippen LogP contribution in [0.2, 0.25) is 0 Å². The number of hydrogen-bond acceptors (Lipinski definition) is 5. The van der Waals surface area contributed by atoms with Gasteiger partial charge in [-0.15, -0.1) is 0 Å². The summed E-state index contributed by atoms with van der Waals surface area (Å²) in [7, 11) is -4.14. The van der Waals surface area contributed by atoms with Gasteiger partial charge in [-0.25, -0.2) is 12.7 Å². The van der Waals surface area contributed by atoms with Crippen LogP contribution in [-0.2, 0) is 26.2 Å². The molecule has 1 atom stereocenters. The predicted octanol–water partition coefficient (Wildman–Crippen LogP) is 3.09. The van der Waals surface area contributed by atoms with E-state index in [2.05, 4.69) is 5.32 Å². The zero-order valence-electron chi connectivity index (χ0n) is 19.9. The van der Waals surface area contributed by atoms with Gasteiger partial charge in [-0.2, -0.15) is 0 Å². The van der Waals surface area contributed by atoms with Crippen molar-refractivity contribution in [3.8, 4) is 0 Å². The van der Waals surface area contributed by atoms with Gasteiger partial charge < -0.3 is 10.2 Å². The van der Waals surface area contributed by atoms with E-state index in [0.29, 0.717) is 10.7 Å². The van der Waals surface area contributed by atoms with E-state index in [9.17, 15) is 22.8 Å². The van der Waals surface area contributed by atoms with E-state index in [0.717, 1.165) is 37.7 Å². The minimum atomic E-state index is -4.14. The number of sulfonamides is 1. The maximum atomic E-state index is 13.6. The van der Waals surface area contributed by atoms with Crippen LogP contribution >= 0.6 is 0 Å². The summed E-state index contributed by atoms with van der Waals surface area (Å²) >= 11 is 0. The third-order valence-corrected chi connectivity index (χ3v) is 8.51. The number of carbonyl (C=O) groups is 3. The van der Waals surface area contributed by atoms with Crippen LogP contribution in [0.5, 0.6) is 0 Å². The average Bonchev–Trinajstić information content (AvgIpc) is 3.06. The Morgan fingerprint density at radius 2 is 1.69 bits per heavy atom. The van der Waals surface area contributed by atoms with Crippen molar-refractivity contribution in [2.45, 2.75) is 69.0 Å². The van der Waals surface area contributed by atoms with Crippen LogP contribution in [0.4, 0.5) is 0 Å². The summed E-state index contributed by atoms with van der Waals surface area (Å²) in [5.41, 5.74) is 0.862. The second-order valence-electron chi connectivity index (χ2n) is 9.09. The molecule has 1 aliphatic carbocycles. The number of nitrogens with zero attached hydrogens (tertiary/aromatic N) is 2. The van der Waals surface area contributed by atoms with Crippen molar-refractivity contribution in [1.29, 1.82) is 0 Å². The highest BCUT2D eigenvalue weighted by atomic mass is 32.2.